The van der Waals surface area contributed by atoms with E-state index in [4.69, 9.17) is 18.9 Å². The highest BCUT2D eigenvalue weighted by atomic mass is 16.5. The molecule has 2 amide bonds. The number of esters is 1. The van der Waals surface area contributed by atoms with Gasteiger partial charge in [-0.05, 0) is 25.1 Å². The van der Waals surface area contributed by atoms with Crippen molar-refractivity contribution in [2.45, 2.75) is 6.92 Å². The molecule has 148 valence electrons. The van der Waals surface area contributed by atoms with E-state index >= 15 is 0 Å². The molecule has 0 radical (unpaired) electrons. The normalized spacial score (nSPS) is 13.6. The molecule has 2 rings (SSSR count). The first-order valence-corrected chi connectivity index (χ1v) is 8.65. The van der Waals surface area contributed by atoms with E-state index in [0.717, 1.165) is 0 Å². The van der Waals surface area contributed by atoms with Crippen molar-refractivity contribution in [1.82, 2.24) is 10.2 Å². The van der Waals surface area contributed by atoms with Gasteiger partial charge in [0, 0.05) is 19.6 Å². The number of hydrogen-bond donors (Lipinski definition) is 1. The van der Waals surface area contributed by atoms with Crippen LogP contribution in [0.15, 0.2) is 18.2 Å². The Morgan fingerprint density at radius 2 is 1.89 bits per heavy atom. The van der Waals surface area contributed by atoms with Gasteiger partial charge in [-0.1, -0.05) is 0 Å². The van der Waals surface area contributed by atoms with Gasteiger partial charge in [-0.3, -0.25) is 9.59 Å². The van der Waals surface area contributed by atoms with Crippen LogP contribution in [0.1, 0.15) is 17.3 Å². The minimum Gasteiger partial charge on any atom is -0.493 e. The highest BCUT2D eigenvalue weighted by Gasteiger charge is 2.19. The minimum absolute atomic E-state index is 0.142. The second-order valence-electron chi connectivity index (χ2n) is 5.68. The van der Waals surface area contributed by atoms with Crippen LogP contribution in [0.4, 0.5) is 0 Å². The summed E-state index contributed by atoms with van der Waals surface area (Å²) in [5.74, 6) is -0.558. The predicted octanol–water partition coefficient (Wildman–Crippen LogP) is 0.226. The van der Waals surface area contributed by atoms with Gasteiger partial charge < -0.3 is 29.2 Å². The minimum atomic E-state index is -0.657. The molecule has 1 aliphatic rings. The second kappa shape index (κ2) is 10.4. The molecule has 0 aliphatic carbocycles. The maximum Gasteiger partial charge on any atom is 0.338 e. The van der Waals surface area contributed by atoms with E-state index in [1.807, 2.05) is 0 Å². The number of methoxy groups -OCH3 is 1. The first-order chi connectivity index (χ1) is 13.0. The summed E-state index contributed by atoms with van der Waals surface area (Å²) < 4.78 is 20.9. The molecule has 0 bridgehead atoms. The lowest BCUT2D eigenvalue weighted by Crippen LogP contribution is -2.43. The van der Waals surface area contributed by atoms with Crippen molar-refractivity contribution in [2.24, 2.45) is 0 Å². The fraction of sp³-hybridized carbons (Fsp3) is 0.500. The highest BCUT2D eigenvalue weighted by Crippen LogP contribution is 2.28. The van der Waals surface area contributed by atoms with Crippen LogP contribution in [0.25, 0.3) is 0 Å². The van der Waals surface area contributed by atoms with Crippen LogP contribution in [-0.2, 0) is 19.1 Å². The summed E-state index contributed by atoms with van der Waals surface area (Å²) in [6, 6.07) is 4.44. The van der Waals surface area contributed by atoms with Crippen molar-refractivity contribution in [1.29, 1.82) is 0 Å². The maximum absolute atomic E-state index is 12.1. The molecule has 0 aromatic heterocycles. The second-order valence-corrected chi connectivity index (χ2v) is 5.68. The molecule has 1 aromatic carbocycles. The Morgan fingerprint density at radius 1 is 1.15 bits per heavy atom. The number of nitrogens with zero attached hydrogens (tertiary/aromatic N) is 1. The van der Waals surface area contributed by atoms with E-state index in [-0.39, 0.29) is 36.3 Å². The van der Waals surface area contributed by atoms with Crippen molar-refractivity contribution in [2.75, 3.05) is 53.2 Å². The van der Waals surface area contributed by atoms with Crippen LogP contribution >= 0.6 is 0 Å². The standard InChI is InChI=1S/C18H24N2O7/c1-3-19-16(21)11-27-18(23)13-4-5-14(15(10-13)24-2)26-12-17(22)20-6-8-25-9-7-20/h4-5,10H,3,6-9,11-12H2,1-2H3,(H,19,21). The van der Waals surface area contributed by atoms with Crippen molar-refractivity contribution >= 4 is 17.8 Å². The summed E-state index contributed by atoms with van der Waals surface area (Å²) in [7, 11) is 1.43. The molecule has 27 heavy (non-hydrogen) atoms. The average Bonchev–Trinajstić information content (AvgIpc) is 2.71. The van der Waals surface area contributed by atoms with Crippen LogP contribution in [0, 0.1) is 0 Å². The number of ether oxygens (including phenoxy) is 4. The number of hydrogen-bond acceptors (Lipinski definition) is 7. The van der Waals surface area contributed by atoms with Gasteiger partial charge in [-0.25, -0.2) is 4.79 Å². The van der Waals surface area contributed by atoms with Gasteiger partial charge in [0.1, 0.15) is 0 Å². The fourth-order valence-electron chi connectivity index (χ4n) is 2.42. The SMILES string of the molecule is CCNC(=O)COC(=O)c1ccc(OCC(=O)N2CCOCC2)c(OC)c1. The summed E-state index contributed by atoms with van der Waals surface area (Å²) in [6.45, 7) is 3.83. The number of morpholine rings is 1. The van der Waals surface area contributed by atoms with E-state index in [0.29, 0.717) is 38.6 Å². The monoisotopic (exact) mass is 380 g/mol. The zero-order chi connectivity index (χ0) is 19.6. The molecular formula is C18H24N2O7. The first-order valence-electron chi connectivity index (χ1n) is 8.65. The van der Waals surface area contributed by atoms with Gasteiger partial charge in [0.05, 0.1) is 25.9 Å². The van der Waals surface area contributed by atoms with Crippen LogP contribution in [0.3, 0.4) is 0 Å². The summed E-state index contributed by atoms with van der Waals surface area (Å²) >= 11 is 0. The lowest BCUT2D eigenvalue weighted by atomic mass is 10.2. The van der Waals surface area contributed by atoms with Gasteiger partial charge in [0.2, 0.25) is 0 Å². The fourth-order valence-corrected chi connectivity index (χ4v) is 2.42. The quantitative estimate of drug-likeness (QED) is 0.644. The van der Waals surface area contributed by atoms with Crippen molar-refractivity contribution in [3.63, 3.8) is 0 Å². The molecule has 9 heteroatoms. The molecule has 0 spiro atoms. The van der Waals surface area contributed by atoms with E-state index in [1.54, 1.807) is 11.8 Å². The zero-order valence-electron chi connectivity index (χ0n) is 15.5. The third-order valence-corrected chi connectivity index (χ3v) is 3.82. The molecule has 1 heterocycles. The molecule has 1 N–H and O–H groups in total. The van der Waals surface area contributed by atoms with Crippen LogP contribution < -0.4 is 14.8 Å². The topological polar surface area (TPSA) is 103 Å². The molecule has 9 nitrogen and oxygen atoms in total. The van der Waals surface area contributed by atoms with E-state index in [9.17, 15) is 14.4 Å². The van der Waals surface area contributed by atoms with Gasteiger partial charge in [-0.15, -0.1) is 0 Å². The summed E-state index contributed by atoms with van der Waals surface area (Å²) in [4.78, 5) is 37.2. The Labute approximate surface area is 157 Å². The number of rotatable bonds is 8. The van der Waals surface area contributed by atoms with Crippen molar-refractivity contribution in [3.05, 3.63) is 23.8 Å². The molecule has 0 atom stereocenters. The number of carbonyl (C=O) groups excluding carboxylic acids is 3. The van der Waals surface area contributed by atoms with Gasteiger partial charge in [0.25, 0.3) is 11.8 Å². The average molecular weight is 380 g/mol. The molecule has 0 unspecified atom stereocenters. The number of likely N-dealkylation sites (N-methyl/N-ethyl adjacent to an activating group) is 1. The lowest BCUT2D eigenvalue weighted by Gasteiger charge is -2.26. The number of carbonyl (C=O) groups is 3. The van der Waals surface area contributed by atoms with E-state index in [1.165, 1.54) is 25.3 Å². The van der Waals surface area contributed by atoms with Crippen molar-refractivity contribution in [3.8, 4) is 11.5 Å². The Morgan fingerprint density at radius 3 is 2.56 bits per heavy atom. The Bertz CT molecular complexity index is 672. The van der Waals surface area contributed by atoms with Gasteiger partial charge >= 0.3 is 5.97 Å². The molecule has 0 saturated carbocycles. The number of nitrogens with one attached hydrogen (secondary N) is 1. The lowest BCUT2D eigenvalue weighted by molar-refractivity contribution is -0.137. The maximum atomic E-state index is 12.1. The molecular weight excluding hydrogens is 356 g/mol. The summed E-state index contributed by atoms with van der Waals surface area (Å²) in [5.41, 5.74) is 0.211. The molecule has 1 aromatic rings. The Balaban J connectivity index is 1.93. The smallest absolute Gasteiger partial charge is 0.338 e. The zero-order valence-corrected chi connectivity index (χ0v) is 15.5. The summed E-state index contributed by atoms with van der Waals surface area (Å²) in [6.07, 6.45) is 0. The molecule has 1 saturated heterocycles. The first kappa shape index (κ1) is 20.5. The third-order valence-electron chi connectivity index (χ3n) is 3.82. The van der Waals surface area contributed by atoms with E-state index in [2.05, 4.69) is 5.32 Å². The predicted molar refractivity (Wildman–Crippen MR) is 94.9 cm³/mol. The van der Waals surface area contributed by atoms with E-state index < -0.39 is 5.97 Å². The van der Waals surface area contributed by atoms with Crippen LogP contribution in [0.5, 0.6) is 11.5 Å². The van der Waals surface area contributed by atoms with Crippen LogP contribution in [0.2, 0.25) is 0 Å². The Hall–Kier alpha value is -2.81. The highest BCUT2D eigenvalue weighted by molar-refractivity contribution is 5.92. The summed E-state index contributed by atoms with van der Waals surface area (Å²) in [5, 5.41) is 2.53. The molecule has 1 fully saturated rings. The third kappa shape index (κ3) is 6.14. The Kier molecular flexibility index (Phi) is 7.87. The number of amides is 2. The van der Waals surface area contributed by atoms with Gasteiger partial charge in [0.15, 0.2) is 24.7 Å². The molecule has 1 aliphatic heterocycles. The van der Waals surface area contributed by atoms with Crippen LogP contribution in [-0.4, -0.2) is 75.9 Å². The van der Waals surface area contributed by atoms with Crippen molar-refractivity contribution < 1.29 is 33.3 Å². The largest absolute Gasteiger partial charge is 0.493 e. The number of benzene rings is 1. The van der Waals surface area contributed by atoms with Gasteiger partial charge in [-0.2, -0.15) is 0 Å².